The van der Waals surface area contributed by atoms with Crippen LogP contribution in [0, 0.1) is 0 Å². The summed E-state index contributed by atoms with van der Waals surface area (Å²) in [6.45, 7) is 0. The van der Waals surface area contributed by atoms with Gasteiger partial charge in [0.05, 0.1) is 11.0 Å². The standard InChI is InChI=1S/C26H24O3/c27-25(21-11-4-1-5-12-21)29-20-19-28-24-17-10-18-26(24,22-13-6-2-7-14-22)23-15-8-3-9-16-23/h1-9,11-16,19-20,24H,10,17-18H2/b20-19-/t24-/m1/s1. The fourth-order valence-corrected chi connectivity index (χ4v) is 4.31. The van der Waals surface area contributed by atoms with Crippen molar-refractivity contribution in [2.45, 2.75) is 30.8 Å². The van der Waals surface area contributed by atoms with Crippen molar-refractivity contribution in [3.05, 3.63) is 120 Å². The van der Waals surface area contributed by atoms with Crippen molar-refractivity contribution in [3.8, 4) is 0 Å². The molecule has 0 radical (unpaired) electrons. The van der Waals surface area contributed by atoms with E-state index in [1.54, 1.807) is 12.1 Å². The van der Waals surface area contributed by atoms with E-state index in [1.165, 1.54) is 23.7 Å². The van der Waals surface area contributed by atoms with Crippen LogP contribution < -0.4 is 0 Å². The molecule has 146 valence electrons. The first-order valence-corrected chi connectivity index (χ1v) is 9.98. The number of hydrogen-bond donors (Lipinski definition) is 0. The Bertz CT molecular complexity index is 910. The number of carbonyl (C=O) groups is 1. The molecule has 3 aromatic rings. The molecule has 3 aromatic carbocycles. The lowest BCUT2D eigenvalue weighted by atomic mass is 9.71. The summed E-state index contributed by atoms with van der Waals surface area (Å²) in [4.78, 5) is 12.1. The molecule has 3 heteroatoms. The second kappa shape index (κ2) is 8.78. The molecule has 1 atom stereocenters. The predicted molar refractivity (Wildman–Crippen MR) is 113 cm³/mol. The molecule has 0 amide bonds. The van der Waals surface area contributed by atoms with Crippen LogP contribution >= 0.6 is 0 Å². The van der Waals surface area contributed by atoms with Gasteiger partial charge in [-0.15, -0.1) is 0 Å². The summed E-state index contributed by atoms with van der Waals surface area (Å²) in [7, 11) is 0. The molecule has 0 heterocycles. The first-order chi connectivity index (χ1) is 14.3. The molecule has 4 rings (SSSR count). The average molecular weight is 384 g/mol. The largest absolute Gasteiger partial charge is 0.494 e. The highest BCUT2D eigenvalue weighted by Gasteiger charge is 2.46. The molecular weight excluding hydrogens is 360 g/mol. The van der Waals surface area contributed by atoms with E-state index in [9.17, 15) is 4.79 Å². The minimum absolute atomic E-state index is 0.0287. The highest BCUT2D eigenvalue weighted by molar-refractivity contribution is 5.89. The third-order valence-corrected chi connectivity index (χ3v) is 5.65. The zero-order valence-electron chi connectivity index (χ0n) is 16.2. The minimum atomic E-state index is -0.394. The second-order valence-electron chi connectivity index (χ2n) is 7.26. The zero-order valence-corrected chi connectivity index (χ0v) is 16.2. The van der Waals surface area contributed by atoms with E-state index < -0.39 is 5.97 Å². The monoisotopic (exact) mass is 384 g/mol. The quantitative estimate of drug-likeness (QED) is 0.394. The lowest BCUT2D eigenvalue weighted by Crippen LogP contribution is -2.37. The van der Waals surface area contributed by atoms with Gasteiger partial charge in [0.25, 0.3) is 0 Å². The van der Waals surface area contributed by atoms with Crippen LogP contribution in [-0.2, 0) is 14.9 Å². The smallest absolute Gasteiger partial charge is 0.343 e. The van der Waals surface area contributed by atoms with Crippen LogP contribution in [0.1, 0.15) is 40.7 Å². The van der Waals surface area contributed by atoms with Gasteiger partial charge >= 0.3 is 5.97 Å². The van der Waals surface area contributed by atoms with E-state index in [2.05, 4.69) is 48.5 Å². The molecule has 0 bridgehead atoms. The topological polar surface area (TPSA) is 35.5 Å². The Kier molecular flexibility index (Phi) is 5.76. The minimum Gasteiger partial charge on any atom is -0.494 e. The van der Waals surface area contributed by atoms with Gasteiger partial charge in [0.2, 0.25) is 0 Å². The van der Waals surface area contributed by atoms with Gasteiger partial charge in [-0.2, -0.15) is 0 Å². The van der Waals surface area contributed by atoms with Gasteiger partial charge in [0.15, 0.2) is 0 Å². The molecule has 1 aliphatic rings. The lowest BCUT2D eigenvalue weighted by molar-refractivity contribution is 0.0619. The number of ether oxygens (including phenoxy) is 2. The number of benzene rings is 3. The Morgan fingerprint density at radius 1 is 0.793 bits per heavy atom. The average Bonchev–Trinajstić information content (AvgIpc) is 3.23. The molecule has 1 saturated carbocycles. The lowest BCUT2D eigenvalue weighted by Gasteiger charge is -2.36. The molecule has 0 aliphatic heterocycles. The van der Waals surface area contributed by atoms with Gasteiger partial charge in [-0.3, -0.25) is 0 Å². The van der Waals surface area contributed by atoms with Crippen LogP contribution in [0.3, 0.4) is 0 Å². The summed E-state index contributed by atoms with van der Waals surface area (Å²) in [5, 5.41) is 0. The summed E-state index contributed by atoms with van der Waals surface area (Å²) < 4.78 is 11.4. The maximum Gasteiger partial charge on any atom is 0.343 e. The highest BCUT2D eigenvalue weighted by Crippen LogP contribution is 2.48. The molecule has 1 aliphatic carbocycles. The molecule has 0 unspecified atom stereocenters. The predicted octanol–water partition coefficient (Wildman–Crippen LogP) is 5.87. The number of hydrogen-bond acceptors (Lipinski definition) is 3. The molecule has 0 N–H and O–H groups in total. The fraction of sp³-hybridized carbons (Fsp3) is 0.192. The maximum atomic E-state index is 12.1. The fourth-order valence-electron chi connectivity index (χ4n) is 4.31. The number of carbonyl (C=O) groups excluding carboxylic acids is 1. The van der Waals surface area contributed by atoms with Crippen molar-refractivity contribution in [3.63, 3.8) is 0 Å². The van der Waals surface area contributed by atoms with Crippen molar-refractivity contribution in [2.75, 3.05) is 0 Å². The first-order valence-electron chi connectivity index (χ1n) is 9.98. The first kappa shape index (κ1) is 19.0. The van der Waals surface area contributed by atoms with Crippen LogP contribution in [0.5, 0.6) is 0 Å². The van der Waals surface area contributed by atoms with Crippen molar-refractivity contribution < 1.29 is 14.3 Å². The van der Waals surface area contributed by atoms with Gasteiger partial charge in [-0.1, -0.05) is 78.9 Å². The molecule has 1 fully saturated rings. The molecule has 0 aromatic heterocycles. The van der Waals surface area contributed by atoms with E-state index in [4.69, 9.17) is 9.47 Å². The summed E-state index contributed by atoms with van der Waals surface area (Å²) >= 11 is 0. The number of esters is 1. The van der Waals surface area contributed by atoms with E-state index in [0.29, 0.717) is 5.56 Å². The Morgan fingerprint density at radius 3 is 1.93 bits per heavy atom. The van der Waals surface area contributed by atoms with Gasteiger partial charge in [-0.25, -0.2) is 4.79 Å². The van der Waals surface area contributed by atoms with Crippen LogP contribution in [-0.4, -0.2) is 12.1 Å². The Morgan fingerprint density at radius 2 is 1.34 bits per heavy atom. The Labute approximate surface area is 171 Å². The van der Waals surface area contributed by atoms with Crippen molar-refractivity contribution in [1.82, 2.24) is 0 Å². The van der Waals surface area contributed by atoms with Crippen LogP contribution in [0.4, 0.5) is 0 Å². The van der Waals surface area contributed by atoms with Crippen molar-refractivity contribution >= 4 is 5.97 Å². The van der Waals surface area contributed by atoms with Crippen molar-refractivity contribution in [2.24, 2.45) is 0 Å². The molecule has 3 nitrogen and oxygen atoms in total. The van der Waals surface area contributed by atoms with Crippen molar-refractivity contribution in [1.29, 1.82) is 0 Å². The zero-order chi connectivity index (χ0) is 19.9. The summed E-state index contributed by atoms with van der Waals surface area (Å²) in [5.74, 6) is -0.394. The van der Waals surface area contributed by atoms with Gasteiger partial charge in [-0.05, 0) is 42.5 Å². The van der Waals surface area contributed by atoms with E-state index >= 15 is 0 Å². The molecule has 0 saturated heterocycles. The molecular formula is C26H24O3. The van der Waals surface area contributed by atoms with E-state index in [1.807, 2.05) is 30.3 Å². The summed E-state index contributed by atoms with van der Waals surface area (Å²) in [5.41, 5.74) is 2.81. The highest BCUT2D eigenvalue weighted by atomic mass is 16.5. The van der Waals surface area contributed by atoms with Gasteiger partial charge < -0.3 is 9.47 Å². The third kappa shape index (κ3) is 3.95. The van der Waals surface area contributed by atoms with E-state index in [-0.39, 0.29) is 11.5 Å². The number of rotatable bonds is 6. The summed E-state index contributed by atoms with van der Waals surface area (Å²) in [6, 6.07) is 30.0. The second-order valence-corrected chi connectivity index (χ2v) is 7.26. The molecule has 0 spiro atoms. The van der Waals surface area contributed by atoms with Crippen LogP contribution in [0.15, 0.2) is 104 Å². The van der Waals surface area contributed by atoms with Gasteiger partial charge in [0.1, 0.15) is 18.6 Å². The normalized spacial score (nSPS) is 17.9. The Balaban J connectivity index is 1.53. The van der Waals surface area contributed by atoms with E-state index in [0.717, 1.165) is 19.3 Å². The SMILES string of the molecule is O=C(O/C=C\O[C@@H]1CCCC1(c1ccccc1)c1ccccc1)c1ccccc1. The van der Waals surface area contributed by atoms with Gasteiger partial charge in [0, 0.05) is 0 Å². The Hall–Kier alpha value is -3.33. The summed E-state index contributed by atoms with van der Waals surface area (Å²) in [6.07, 6.45) is 5.86. The van der Waals surface area contributed by atoms with Crippen LogP contribution in [0.25, 0.3) is 0 Å². The third-order valence-electron chi connectivity index (χ3n) is 5.65. The maximum absolute atomic E-state index is 12.1. The van der Waals surface area contributed by atoms with Crippen LogP contribution in [0.2, 0.25) is 0 Å². The molecule has 29 heavy (non-hydrogen) atoms.